The first-order chi connectivity index (χ1) is 10.1. The number of hydrogen-bond acceptors (Lipinski definition) is 1. The Labute approximate surface area is 127 Å². The molecule has 1 nitrogen and oxygen atoms in total. The Kier molecular flexibility index (Phi) is 3.74. The van der Waals surface area contributed by atoms with Gasteiger partial charge in [-0.2, -0.15) is 0 Å². The van der Waals surface area contributed by atoms with Crippen molar-refractivity contribution in [2.24, 2.45) is 10.4 Å². The Morgan fingerprint density at radius 2 is 1.57 bits per heavy atom. The second-order valence-electron chi connectivity index (χ2n) is 6.49. The first-order valence-corrected chi connectivity index (χ1v) is 7.51. The number of allylic oxidation sites excluding steroid dienone is 1. The van der Waals surface area contributed by atoms with Crippen molar-refractivity contribution >= 4 is 17.5 Å². The third kappa shape index (κ3) is 3.49. The summed E-state index contributed by atoms with van der Waals surface area (Å²) < 4.78 is 0. The number of hydrogen-bond donors (Lipinski definition) is 0. The molecule has 21 heavy (non-hydrogen) atoms. The standard InChI is InChI=1S/C20H21N/c1-20(2)14-17-10-6-7-11-19(17)21-18(15-20)13-12-16-8-4-3-5-9-16/h3-13H,14-15H2,1-2H3/b13-12+. The van der Waals surface area contributed by atoms with Gasteiger partial charge in [0, 0.05) is 5.71 Å². The number of aliphatic imine (C=N–C) groups is 1. The second-order valence-corrected chi connectivity index (χ2v) is 6.49. The summed E-state index contributed by atoms with van der Waals surface area (Å²) in [7, 11) is 0. The summed E-state index contributed by atoms with van der Waals surface area (Å²) in [6, 6.07) is 18.9. The van der Waals surface area contributed by atoms with Crippen LogP contribution in [0.4, 0.5) is 5.69 Å². The fourth-order valence-corrected chi connectivity index (χ4v) is 2.88. The van der Waals surface area contributed by atoms with Crippen molar-refractivity contribution in [2.75, 3.05) is 0 Å². The third-order valence-electron chi connectivity index (χ3n) is 3.85. The Hall–Kier alpha value is -2.15. The Morgan fingerprint density at radius 3 is 2.38 bits per heavy atom. The largest absolute Gasteiger partial charge is 0.253 e. The quantitative estimate of drug-likeness (QED) is 0.691. The van der Waals surface area contributed by atoms with Crippen LogP contribution in [0.25, 0.3) is 6.08 Å². The topological polar surface area (TPSA) is 12.4 Å². The van der Waals surface area contributed by atoms with Crippen molar-refractivity contribution < 1.29 is 0 Å². The van der Waals surface area contributed by atoms with E-state index in [-0.39, 0.29) is 5.41 Å². The highest BCUT2D eigenvalue weighted by Gasteiger charge is 2.24. The smallest absolute Gasteiger partial charge is 0.0665 e. The molecule has 0 bridgehead atoms. The van der Waals surface area contributed by atoms with Crippen LogP contribution in [0.2, 0.25) is 0 Å². The maximum absolute atomic E-state index is 4.88. The normalized spacial score (nSPS) is 17.1. The maximum atomic E-state index is 4.88. The van der Waals surface area contributed by atoms with Gasteiger partial charge in [0.15, 0.2) is 0 Å². The van der Waals surface area contributed by atoms with E-state index < -0.39 is 0 Å². The average molecular weight is 275 g/mol. The van der Waals surface area contributed by atoms with Gasteiger partial charge < -0.3 is 0 Å². The average Bonchev–Trinajstić information content (AvgIpc) is 2.60. The van der Waals surface area contributed by atoms with E-state index in [0.29, 0.717) is 0 Å². The van der Waals surface area contributed by atoms with Crippen molar-refractivity contribution in [3.8, 4) is 0 Å². The zero-order valence-electron chi connectivity index (χ0n) is 12.7. The molecule has 1 aliphatic rings. The molecule has 1 aliphatic heterocycles. The van der Waals surface area contributed by atoms with Crippen LogP contribution in [0.3, 0.4) is 0 Å². The Bertz CT molecular complexity index is 678. The minimum atomic E-state index is 0.243. The molecule has 2 aromatic rings. The Morgan fingerprint density at radius 1 is 0.857 bits per heavy atom. The number of benzene rings is 2. The number of fused-ring (bicyclic) bond motifs is 1. The number of para-hydroxylation sites is 1. The highest BCUT2D eigenvalue weighted by molar-refractivity contribution is 6.00. The predicted molar refractivity (Wildman–Crippen MR) is 91.1 cm³/mol. The second kappa shape index (κ2) is 5.69. The summed E-state index contributed by atoms with van der Waals surface area (Å²) in [6.45, 7) is 4.64. The van der Waals surface area contributed by atoms with E-state index in [4.69, 9.17) is 4.99 Å². The van der Waals surface area contributed by atoms with E-state index >= 15 is 0 Å². The highest BCUT2D eigenvalue weighted by Crippen LogP contribution is 2.35. The summed E-state index contributed by atoms with van der Waals surface area (Å²) >= 11 is 0. The van der Waals surface area contributed by atoms with Crippen molar-refractivity contribution in [3.63, 3.8) is 0 Å². The molecule has 0 aromatic heterocycles. The highest BCUT2D eigenvalue weighted by atomic mass is 14.8. The van der Waals surface area contributed by atoms with Crippen molar-refractivity contribution in [2.45, 2.75) is 26.7 Å². The van der Waals surface area contributed by atoms with Gasteiger partial charge >= 0.3 is 0 Å². The van der Waals surface area contributed by atoms with E-state index in [9.17, 15) is 0 Å². The lowest BCUT2D eigenvalue weighted by atomic mass is 9.81. The zero-order chi connectivity index (χ0) is 14.7. The first-order valence-electron chi connectivity index (χ1n) is 7.51. The van der Waals surface area contributed by atoms with Crippen molar-refractivity contribution in [1.82, 2.24) is 0 Å². The van der Waals surface area contributed by atoms with Gasteiger partial charge in [-0.3, -0.25) is 4.99 Å². The van der Waals surface area contributed by atoms with Crippen LogP contribution in [-0.4, -0.2) is 5.71 Å². The van der Waals surface area contributed by atoms with Gasteiger partial charge in [0.05, 0.1) is 5.69 Å². The molecule has 0 atom stereocenters. The minimum Gasteiger partial charge on any atom is -0.253 e. The molecule has 0 N–H and O–H groups in total. The molecule has 0 aliphatic carbocycles. The van der Waals surface area contributed by atoms with E-state index in [1.54, 1.807) is 0 Å². The molecule has 0 amide bonds. The molecular formula is C20H21N. The third-order valence-corrected chi connectivity index (χ3v) is 3.85. The van der Waals surface area contributed by atoms with Crippen LogP contribution >= 0.6 is 0 Å². The van der Waals surface area contributed by atoms with E-state index in [1.807, 2.05) is 6.07 Å². The maximum Gasteiger partial charge on any atom is 0.0665 e. The predicted octanol–water partition coefficient (Wildman–Crippen LogP) is 5.44. The zero-order valence-corrected chi connectivity index (χ0v) is 12.7. The van der Waals surface area contributed by atoms with Gasteiger partial charge in [-0.25, -0.2) is 0 Å². The van der Waals surface area contributed by atoms with Crippen LogP contribution in [0, 0.1) is 5.41 Å². The molecule has 0 radical (unpaired) electrons. The first kappa shape index (κ1) is 13.8. The van der Waals surface area contributed by atoms with Gasteiger partial charge in [-0.15, -0.1) is 0 Å². The van der Waals surface area contributed by atoms with Gasteiger partial charge in [-0.05, 0) is 41.5 Å². The van der Waals surface area contributed by atoms with Gasteiger partial charge in [0.2, 0.25) is 0 Å². The summed E-state index contributed by atoms with van der Waals surface area (Å²) in [5, 5.41) is 0. The van der Waals surface area contributed by atoms with Gasteiger partial charge in [0.1, 0.15) is 0 Å². The van der Waals surface area contributed by atoms with E-state index in [1.165, 1.54) is 11.1 Å². The number of rotatable bonds is 2. The van der Waals surface area contributed by atoms with Crippen LogP contribution in [0.5, 0.6) is 0 Å². The summed E-state index contributed by atoms with van der Waals surface area (Å²) in [4.78, 5) is 4.88. The van der Waals surface area contributed by atoms with Gasteiger partial charge in [0.25, 0.3) is 0 Å². The molecule has 0 saturated carbocycles. The molecule has 0 fully saturated rings. The van der Waals surface area contributed by atoms with Crippen LogP contribution in [0.15, 0.2) is 65.7 Å². The summed E-state index contributed by atoms with van der Waals surface area (Å²) in [5.41, 5.74) is 5.10. The molecule has 3 rings (SSSR count). The van der Waals surface area contributed by atoms with Crippen molar-refractivity contribution in [3.05, 3.63) is 71.8 Å². The molecule has 0 saturated heterocycles. The van der Waals surface area contributed by atoms with Crippen molar-refractivity contribution in [1.29, 1.82) is 0 Å². The van der Waals surface area contributed by atoms with E-state index in [0.717, 1.165) is 24.2 Å². The Balaban J connectivity index is 1.94. The van der Waals surface area contributed by atoms with Gasteiger partial charge in [-0.1, -0.05) is 68.5 Å². The lowest BCUT2D eigenvalue weighted by Gasteiger charge is -2.22. The lowest BCUT2D eigenvalue weighted by Crippen LogP contribution is -2.17. The summed E-state index contributed by atoms with van der Waals surface area (Å²) in [6.07, 6.45) is 6.41. The van der Waals surface area contributed by atoms with E-state index in [2.05, 4.69) is 74.5 Å². The monoisotopic (exact) mass is 275 g/mol. The number of nitrogens with zero attached hydrogens (tertiary/aromatic N) is 1. The molecule has 2 aromatic carbocycles. The molecule has 106 valence electrons. The van der Waals surface area contributed by atoms with Crippen LogP contribution in [0.1, 0.15) is 31.4 Å². The fraction of sp³-hybridized carbons (Fsp3) is 0.250. The molecule has 1 heteroatoms. The molecule has 1 heterocycles. The molecule has 0 spiro atoms. The van der Waals surface area contributed by atoms with Crippen LogP contribution < -0.4 is 0 Å². The molecule has 0 unspecified atom stereocenters. The molecular weight excluding hydrogens is 254 g/mol. The van der Waals surface area contributed by atoms with Crippen LogP contribution in [-0.2, 0) is 6.42 Å². The summed E-state index contributed by atoms with van der Waals surface area (Å²) in [5.74, 6) is 0. The fourth-order valence-electron chi connectivity index (χ4n) is 2.88. The SMILES string of the molecule is CC1(C)CC(/C=C/c2ccccc2)=Nc2ccccc2C1. The lowest BCUT2D eigenvalue weighted by molar-refractivity contribution is 0.384. The minimum absolute atomic E-state index is 0.243.